The zero-order valence-electron chi connectivity index (χ0n) is 21.6. The topological polar surface area (TPSA) is 31.9 Å². The molecule has 0 N–H and O–H groups in total. The molecule has 6 heterocycles. The first-order chi connectivity index (χ1) is 20.3. The Labute approximate surface area is 232 Å². The van der Waals surface area contributed by atoms with Crippen LogP contribution in [0.15, 0.2) is 109 Å². The molecule has 0 amide bonds. The van der Waals surface area contributed by atoms with Gasteiger partial charge in [0.25, 0.3) is 0 Å². The molecule has 0 radical (unpaired) electrons. The second-order valence-corrected chi connectivity index (χ2v) is 14.2. The number of hydrogen-bond donors (Lipinski definition) is 0. The molecular formula is C36H18N3OP. The predicted molar refractivity (Wildman–Crippen MR) is 170 cm³/mol. The number of hydrogen-bond acceptors (Lipinski definition) is 1. The number of para-hydroxylation sites is 3. The normalized spacial score (nSPS) is 15.1. The summed E-state index contributed by atoms with van der Waals surface area (Å²) in [6.45, 7) is 0. The molecule has 0 unspecified atom stereocenters. The third-order valence-electron chi connectivity index (χ3n) is 10.0. The quantitative estimate of drug-likeness (QED) is 0.183. The third-order valence-corrected chi connectivity index (χ3v) is 13.2. The maximum Gasteiger partial charge on any atom is 0.183 e. The van der Waals surface area contributed by atoms with E-state index in [0.717, 1.165) is 66.1 Å². The van der Waals surface area contributed by atoms with Gasteiger partial charge in [0.05, 0.1) is 66.1 Å². The average molecular weight is 540 g/mol. The summed E-state index contributed by atoms with van der Waals surface area (Å²) in [5.41, 5.74) is 9.90. The van der Waals surface area contributed by atoms with Crippen molar-refractivity contribution in [1.82, 2.24) is 13.7 Å². The Morgan fingerprint density at radius 1 is 0.366 bits per heavy atom. The molecule has 3 aromatic heterocycles. The minimum atomic E-state index is -3.27. The summed E-state index contributed by atoms with van der Waals surface area (Å²) in [7, 11) is -3.27. The fraction of sp³-hybridized carbons (Fsp3) is 0. The molecule has 0 atom stereocenters. The van der Waals surface area contributed by atoms with Crippen LogP contribution in [0, 0.1) is 0 Å². The molecule has 41 heavy (non-hydrogen) atoms. The molecule has 9 aromatic rings. The smallest absolute Gasteiger partial charge is 0.183 e. The molecule has 4 nitrogen and oxygen atoms in total. The highest BCUT2D eigenvalue weighted by Crippen LogP contribution is 2.61. The molecule has 3 aliphatic rings. The van der Waals surface area contributed by atoms with Crippen LogP contribution in [0.4, 0.5) is 0 Å². The zero-order chi connectivity index (χ0) is 26.4. The van der Waals surface area contributed by atoms with Crippen molar-refractivity contribution in [1.29, 1.82) is 0 Å². The molecule has 12 rings (SSSR count). The molecule has 0 fully saturated rings. The molecule has 0 bridgehead atoms. The number of rotatable bonds is 0. The van der Waals surface area contributed by atoms with Gasteiger partial charge in [-0.1, -0.05) is 72.8 Å². The minimum Gasteiger partial charge on any atom is -0.308 e. The SMILES string of the molecule is O=P12c3c4ccc5c6ccccc6n(c35)-c3ccc5c6ccccc6n(c5c31)-c1ccc3c5ccccc5n-4c3c12. The van der Waals surface area contributed by atoms with Gasteiger partial charge in [-0.15, -0.1) is 0 Å². The van der Waals surface area contributed by atoms with Crippen LogP contribution in [0.25, 0.3) is 82.5 Å². The number of aromatic nitrogens is 3. The third kappa shape index (κ3) is 1.81. The van der Waals surface area contributed by atoms with Crippen molar-refractivity contribution in [2.24, 2.45) is 0 Å². The van der Waals surface area contributed by atoms with E-state index in [0.29, 0.717) is 0 Å². The summed E-state index contributed by atoms with van der Waals surface area (Å²) in [5.74, 6) is 0. The van der Waals surface area contributed by atoms with E-state index in [1.807, 2.05) is 0 Å². The zero-order valence-corrected chi connectivity index (χ0v) is 22.5. The Morgan fingerprint density at radius 2 is 0.683 bits per heavy atom. The van der Waals surface area contributed by atoms with Gasteiger partial charge in [-0.05, 0) is 36.4 Å². The monoisotopic (exact) mass is 539 g/mol. The van der Waals surface area contributed by atoms with Crippen LogP contribution >= 0.6 is 7.14 Å². The highest BCUT2D eigenvalue weighted by Gasteiger charge is 2.51. The highest BCUT2D eigenvalue weighted by molar-refractivity contribution is 7.87. The summed E-state index contributed by atoms with van der Waals surface area (Å²) in [6, 6.07) is 39.3. The Balaban J connectivity index is 1.51. The van der Waals surface area contributed by atoms with E-state index in [-0.39, 0.29) is 0 Å². The lowest BCUT2D eigenvalue weighted by molar-refractivity contribution is 0.592. The molecule has 0 aliphatic carbocycles. The fourth-order valence-electron chi connectivity index (χ4n) is 8.65. The summed E-state index contributed by atoms with van der Waals surface area (Å²) >= 11 is 0. The van der Waals surface area contributed by atoms with Gasteiger partial charge >= 0.3 is 0 Å². The Bertz CT molecular complexity index is 2530. The van der Waals surface area contributed by atoms with Gasteiger partial charge in [-0.25, -0.2) is 0 Å². The van der Waals surface area contributed by atoms with Crippen molar-refractivity contribution in [3.63, 3.8) is 0 Å². The largest absolute Gasteiger partial charge is 0.308 e. The van der Waals surface area contributed by atoms with Gasteiger partial charge in [0.2, 0.25) is 0 Å². The van der Waals surface area contributed by atoms with Crippen LogP contribution in [-0.4, -0.2) is 13.7 Å². The van der Waals surface area contributed by atoms with Gasteiger partial charge in [0.1, 0.15) is 0 Å². The van der Waals surface area contributed by atoms with Crippen LogP contribution in [0.3, 0.4) is 0 Å². The van der Waals surface area contributed by atoms with Crippen molar-refractivity contribution in [2.75, 3.05) is 0 Å². The summed E-state index contributed by atoms with van der Waals surface area (Å²) in [4.78, 5) is 0. The van der Waals surface area contributed by atoms with Gasteiger partial charge in [-0.2, -0.15) is 0 Å². The Hall–Kier alpha value is -5.05. The standard InChI is InChI=1S/C36H18N3OP/c40-41-34-29-16-13-22-19-7-1-4-10-25(19)37(31(22)34)28-17-14-23-20-8-3-6-12-27(20)39(32(23)35(28)41)30-18-15-24-21-9-2-5-11-26(21)38(29)33(24)36(30)41/h1-18H. The molecule has 3 aliphatic heterocycles. The molecule has 0 saturated heterocycles. The Morgan fingerprint density at radius 3 is 1.02 bits per heavy atom. The van der Waals surface area contributed by atoms with E-state index in [1.165, 1.54) is 32.3 Å². The number of nitrogens with zero attached hydrogens (tertiary/aromatic N) is 3. The van der Waals surface area contributed by atoms with Crippen molar-refractivity contribution >= 4 is 88.5 Å². The van der Waals surface area contributed by atoms with Crippen LogP contribution in [-0.2, 0) is 4.57 Å². The summed E-state index contributed by atoms with van der Waals surface area (Å²) < 4.78 is 23.8. The van der Waals surface area contributed by atoms with Crippen LogP contribution in [0.2, 0.25) is 0 Å². The minimum absolute atomic E-state index is 0.991. The van der Waals surface area contributed by atoms with Crippen molar-refractivity contribution in [3.8, 4) is 17.1 Å². The molecule has 188 valence electrons. The lowest BCUT2D eigenvalue weighted by Gasteiger charge is -2.39. The molecule has 0 spiro atoms. The van der Waals surface area contributed by atoms with E-state index < -0.39 is 7.14 Å². The van der Waals surface area contributed by atoms with Crippen LogP contribution in [0.5, 0.6) is 0 Å². The van der Waals surface area contributed by atoms with E-state index in [9.17, 15) is 0 Å². The molecular weight excluding hydrogens is 521 g/mol. The number of fused-ring (bicyclic) bond motifs is 12. The lowest BCUT2D eigenvalue weighted by atomic mass is 10.1. The van der Waals surface area contributed by atoms with Gasteiger partial charge in [-0.3, -0.25) is 0 Å². The average Bonchev–Trinajstić information content (AvgIpc) is 3.65. The first-order valence-electron chi connectivity index (χ1n) is 14.1. The molecule has 5 heteroatoms. The fourth-order valence-corrected chi connectivity index (χ4v) is 12.4. The lowest BCUT2D eigenvalue weighted by Crippen LogP contribution is -2.42. The van der Waals surface area contributed by atoms with Gasteiger partial charge in [0.15, 0.2) is 7.14 Å². The second-order valence-electron chi connectivity index (χ2n) is 11.7. The van der Waals surface area contributed by atoms with Crippen molar-refractivity contribution < 1.29 is 4.57 Å². The summed E-state index contributed by atoms with van der Waals surface area (Å²) in [5, 5.41) is 10.1. The molecule has 0 saturated carbocycles. The van der Waals surface area contributed by atoms with Gasteiger partial charge < -0.3 is 18.3 Å². The van der Waals surface area contributed by atoms with Crippen LogP contribution in [0.1, 0.15) is 0 Å². The van der Waals surface area contributed by atoms with Crippen molar-refractivity contribution in [3.05, 3.63) is 109 Å². The predicted octanol–water partition coefficient (Wildman–Crippen LogP) is 7.56. The summed E-state index contributed by atoms with van der Waals surface area (Å²) in [6.07, 6.45) is 0. The number of benzene rings is 6. The van der Waals surface area contributed by atoms with E-state index in [1.54, 1.807) is 0 Å². The van der Waals surface area contributed by atoms with E-state index >= 15 is 4.57 Å². The maximum atomic E-state index is 16.6. The maximum absolute atomic E-state index is 16.6. The first-order valence-corrected chi connectivity index (χ1v) is 15.8. The van der Waals surface area contributed by atoms with Crippen LogP contribution < -0.4 is 15.9 Å². The van der Waals surface area contributed by atoms with E-state index in [2.05, 4.69) is 123 Å². The first kappa shape index (κ1) is 19.9. The Kier molecular flexibility index (Phi) is 2.91. The van der Waals surface area contributed by atoms with E-state index in [4.69, 9.17) is 0 Å². The second kappa shape index (κ2) is 6.00. The highest BCUT2D eigenvalue weighted by atomic mass is 31.2. The molecule has 6 aromatic carbocycles. The van der Waals surface area contributed by atoms with Gasteiger partial charge in [0, 0.05) is 32.3 Å². The van der Waals surface area contributed by atoms with Crippen molar-refractivity contribution in [2.45, 2.75) is 0 Å².